The summed E-state index contributed by atoms with van der Waals surface area (Å²) in [4.78, 5) is 11.9. The normalized spacial score (nSPS) is 25.8. The Labute approximate surface area is 94.8 Å². The predicted molar refractivity (Wildman–Crippen MR) is 57.6 cm³/mol. The molecule has 2 unspecified atom stereocenters. The molecule has 16 heavy (non-hydrogen) atoms. The summed E-state index contributed by atoms with van der Waals surface area (Å²) in [6.45, 7) is 1.86. The first-order chi connectivity index (χ1) is 7.58. The highest BCUT2D eigenvalue weighted by Crippen LogP contribution is 2.15. The molecule has 5 N–H and O–H groups in total. The maximum Gasteiger partial charge on any atom is 0.227 e. The number of carbonyl (C=O) groups is 1. The van der Waals surface area contributed by atoms with Gasteiger partial charge in [0.25, 0.3) is 0 Å². The van der Waals surface area contributed by atoms with Gasteiger partial charge in [-0.05, 0) is 6.42 Å². The molecule has 0 aromatic carbocycles. The largest absolute Gasteiger partial charge is 0.394 e. The minimum absolute atomic E-state index is 0.269. The molecule has 0 aliphatic carbocycles. The number of aliphatic hydroxyl groups is 2. The Morgan fingerprint density at radius 3 is 2.50 bits per heavy atom. The van der Waals surface area contributed by atoms with Crippen LogP contribution in [0.25, 0.3) is 0 Å². The predicted octanol–water partition coefficient (Wildman–Crippen LogP) is -1.79. The van der Waals surface area contributed by atoms with Crippen LogP contribution in [-0.4, -0.2) is 54.1 Å². The Bertz CT molecular complexity index is 235. The summed E-state index contributed by atoms with van der Waals surface area (Å²) in [5, 5.41) is 21.0. The lowest BCUT2D eigenvalue weighted by Gasteiger charge is -2.31. The van der Waals surface area contributed by atoms with Crippen molar-refractivity contribution >= 4 is 5.91 Å². The van der Waals surface area contributed by atoms with Crippen molar-refractivity contribution in [3.05, 3.63) is 0 Å². The second kappa shape index (κ2) is 5.58. The lowest BCUT2D eigenvalue weighted by atomic mass is 9.95. The third-order valence-corrected chi connectivity index (χ3v) is 3.13. The number of hydrogen-bond acceptors (Lipinski definition) is 5. The highest BCUT2D eigenvalue weighted by atomic mass is 16.5. The Kier molecular flexibility index (Phi) is 4.67. The van der Waals surface area contributed by atoms with E-state index in [2.05, 4.69) is 5.32 Å². The van der Waals surface area contributed by atoms with Crippen LogP contribution in [0.3, 0.4) is 0 Å². The average molecular weight is 232 g/mol. The van der Waals surface area contributed by atoms with Crippen molar-refractivity contribution in [1.29, 1.82) is 0 Å². The smallest absolute Gasteiger partial charge is 0.227 e. The van der Waals surface area contributed by atoms with Crippen LogP contribution < -0.4 is 11.1 Å². The maximum absolute atomic E-state index is 11.9. The zero-order valence-electron chi connectivity index (χ0n) is 9.48. The molecule has 2 atom stereocenters. The van der Waals surface area contributed by atoms with Gasteiger partial charge in [0, 0.05) is 6.04 Å². The molecule has 1 amide bonds. The van der Waals surface area contributed by atoms with Gasteiger partial charge in [-0.1, -0.05) is 6.92 Å². The molecule has 0 saturated carbocycles. The standard InChI is InChI=1S/C10H20N2O4/c1-2-10(5-13,6-14)12-9(15)7-3-16-4-8(7)11/h7-8,13-14H,2-6,11H2,1H3,(H,12,15). The molecule has 6 nitrogen and oxygen atoms in total. The molecule has 1 saturated heterocycles. The molecule has 1 fully saturated rings. The van der Waals surface area contributed by atoms with Crippen LogP contribution in [0.2, 0.25) is 0 Å². The van der Waals surface area contributed by atoms with Crippen molar-refractivity contribution in [2.45, 2.75) is 24.9 Å². The van der Waals surface area contributed by atoms with Gasteiger partial charge in [0.15, 0.2) is 0 Å². The second-order valence-electron chi connectivity index (χ2n) is 4.25. The molecule has 1 rings (SSSR count). The van der Waals surface area contributed by atoms with Crippen molar-refractivity contribution < 1.29 is 19.7 Å². The molecule has 0 aromatic heterocycles. The summed E-state index contributed by atoms with van der Waals surface area (Å²) in [6.07, 6.45) is 0.453. The van der Waals surface area contributed by atoms with E-state index >= 15 is 0 Å². The van der Waals surface area contributed by atoms with Gasteiger partial charge in [-0.3, -0.25) is 4.79 Å². The number of rotatable bonds is 5. The number of nitrogens with one attached hydrogen (secondary N) is 1. The van der Waals surface area contributed by atoms with Crippen molar-refractivity contribution in [2.75, 3.05) is 26.4 Å². The van der Waals surface area contributed by atoms with Gasteiger partial charge in [-0.15, -0.1) is 0 Å². The molecule has 0 radical (unpaired) electrons. The van der Waals surface area contributed by atoms with Gasteiger partial charge in [-0.2, -0.15) is 0 Å². The van der Waals surface area contributed by atoms with Gasteiger partial charge in [0.1, 0.15) is 0 Å². The van der Waals surface area contributed by atoms with E-state index in [9.17, 15) is 15.0 Å². The number of ether oxygens (including phenoxy) is 1. The van der Waals surface area contributed by atoms with Crippen molar-refractivity contribution in [3.8, 4) is 0 Å². The van der Waals surface area contributed by atoms with Crippen LogP contribution in [0.5, 0.6) is 0 Å². The van der Waals surface area contributed by atoms with Crippen molar-refractivity contribution in [1.82, 2.24) is 5.32 Å². The molecule has 1 aliphatic rings. The third kappa shape index (κ3) is 2.70. The first-order valence-corrected chi connectivity index (χ1v) is 5.45. The van der Waals surface area contributed by atoms with Crippen molar-refractivity contribution in [3.63, 3.8) is 0 Å². The molecular formula is C10H20N2O4. The summed E-state index contributed by atoms with van der Waals surface area (Å²) in [6, 6.07) is -0.313. The fourth-order valence-corrected chi connectivity index (χ4v) is 1.64. The van der Waals surface area contributed by atoms with Crippen LogP contribution in [-0.2, 0) is 9.53 Å². The van der Waals surface area contributed by atoms with E-state index in [0.29, 0.717) is 19.6 Å². The van der Waals surface area contributed by atoms with Crippen molar-refractivity contribution in [2.24, 2.45) is 11.7 Å². The number of hydrogen-bond donors (Lipinski definition) is 4. The number of nitrogens with two attached hydrogens (primary N) is 1. The van der Waals surface area contributed by atoms with Crippen LogP contribution >= 0.6 is 0 Å². The maximum atomic E-state index is 11.9. The molecule has 0 bridgehead atoms. The van der Waals surface area contributed by atoms with E-state index in [-0.39, 0.29) is 25.2 Å². The minimum Gasteiger partial charge on any atom is -0.394 e. The highest BCUT2D eigenvalue weighted by Gasteiger charge is 2.36. The quantitative estimate of drug-likeness (QED) is 0.448. The third-order valence-electron chi connectivity index (χ3n) is 3.13. The van der Waals surface area contributed by atoms with E-state index in [0.717, 1.165) is 0 Å². The zero-order chi connectivity index (χ0) is 12.2. The van der Waals surface area contributed by atoms with Crippen LogP contribution in [0.4, 0.5) is 0 Å². The summed E-state index contributed by atoms with van der Waals surface area (Å²) in [5.74, 6) is -0.668. The van der Waals surface area contributed by atoms with E-state index in [4.69, 9.17) is 10.5 Å². The lowest BCUT2D eigenvalue weighted by molar-refractivity contribution is -0.128. The van der Waals surface area contributed by atoms with Gasteiger partial charge in [0.05, 0.1) is 37.9 Å². The Morgan fingerprint density at radius 2 is 2.12 bits per heavy atom. The Morgan fingerprint density at radius 1 is 1.50 bits per heavy atom. The van der Waals surface area contributed by atoms with Gasteiger partial charge >= 0.3 is 0 Å². The fraction of sp³-hybridized carbons (Fsp3) is 0.900. The Hall–Kier alpha value is -0.690. The SMILES string of the molecule is CCC(CO)(CO)NC(=O)C1COCC1N. The van der Waals surface area contributed by atoms with Gasteiger partial charge in [0.2, 0.25) is 5.91 Å². The first-order valence-electron chi connectivity index (χ1n) is 5.45. The van der Waals surface area contributed by atoms with E-state index in [1.807, 2.05) is 0 Å². The number of aliphatic hydroxyl groups excluding tert-OH is 2. The van der Waals surface area contributed by atoms with Crippen LogP contribution in [0.15, 0.2) is 0 Å². The van der Waals surface area contributed by atoms with Gasteiger partial charge in [-0.25, -0.2) is 0 Å². The average Bonchev–Trinajstić information content (AvgIpc) is 2.72. The molecule has 0 spiro atoms. The summed E-state index contributed by atoms with van der Waals surface area (Å²) >= 11 is 0. The molecular weight excluding hydrogens is 212 g/mol. The van der Waals surface area contributed by atoms with E-state index < -0.39 is 11.5 Å². The van der Waals surface area contributed by atoms with Crippen LogP contribution in [0, 0.1) is 5.92 Å². The molecule has 0 aromatic rings. The molecule has 94 valence electrons. The number of amides is 1. The van der Waals surface area contributed by atoms with E-state index in [1.165, 1.54) is 0 Å². The van der Waals surface area contributed by atoms with Gasteiger partial charge < -0.3 is 26.0 Å². The van der Waals surface area contributed by atoms with E-state index in [1.54, 1.807) is 6.92 Å². The molecule has 1 aliphatic heterocycles. The topological polar surface area (TPSA) is 105 Å². The lowest BCUT2D eigenvalue weighted by Crippen LogP contribution is -2.57. The number of carbonyl (C=O) groups excluding carboxylic acids is 1. The van der Waals surface area contributed by atoms with Crippen LogP contribution in [0.1, 0.15) is 13.3 Å². The Balaban J connectivity index is 2.61. The summed E-state index contributed by atoms with van der Waals surface area (Å²) < 4.78 is 5.10. The monoisotopic (exact) mass is 232 g/mol. The fourth-order valence-electron chi connectivity index (χ4n) is 1.64. The zero-order valence-corrected chi connectivity index (χ0v) is 9.48. The second-order valence-corrected chi connectivity index (χ2v) is 4.25. The molecule has 6 heteroatoms. The summed E-state index contributed by atoms with van der Waals surface area (Å²) in [5.41, 5.74) is 4.75. The molecule has 1 heterocycles. The first kappa shape index (κ1) is 13.4. The minimum atomic E-state index is -0.959. The highest BCUT2D eigenvalue weighted by molar-refractivity contribution is 5.80. The summed E-state index contributed by atoms with van der Waals surface area (Å²) in [7, 11) is 0.